The molecule has 0 heterocycles. The summed E-state index contributed by atoms with van der Waals surface area (Å²) in [7, 11) is 0. The highest BCUT2D eigenvalue weighted by molar-refractivity contribution is 5.71. The van der Waals surface area contributed by atoms with Gasteiger partial charge in [0, 0.05) is 6.42 Å². The fourth-order valence-electron chi connectivity index (χ4n) is 4.97. The predicted octanol–water partition coefficient (Wildman–Crippen LogP) is 10.6. The molecule has 0 fully saturated rings. The topological polar surface area (TPSA) is 63.6 Å². The molecule has 36 heavy (non-hydrogen) atoms. The average Bonchev–Trinajstić information content (AvgIpc) is 2.85. The minimum atomic E-state index is -0.878. The van der Waals surface area contributed by atoms with Gasteiger partial charge in [0.15, 0.2) is 0 Å². The largest absolute Gasteiger partial charge is 0.481 e. The first kappa shape index (κ1) is 34.9. The lowest BCUT2D eigenvalue weighted by Gasteiger charge is -2.16. The third-order valence-electron chi connectivity index (χ3n) is 7.31. The molecule has 0 spiro atoms. The van der Waals surface area contributed by atoms with E-state index >= 15 is 0 Å². The van der Waals surface area contributed by atoms with E-state index in [0.29, 0.717) is 12.8 Å². The maximum atomic E-state index is 12.2. The molecule has 1 N–H and O–H groups in total. The molecular formula is C32H62O4. The number of hydrogen-bond donors (Lipinski definition) is 1. The second kappa shape index (κ2) is 28.5. The summed E-state index contributed by atoms with van der Waals surface area (Å²) >= 11 is 0. The SMILES string of the molecule is CCCCCCCCCCCCCCCC(CC(=O)O)OC(=O)CCCCCCCCCCCCC. The molecule has 0 bridgehead atoms. The van der Waals surface area contributed by atoms with E-state index < -0.39 is 12.1 Å². The summed E-state index contributed by atoms with van der Waals surface area (Å²) in [4.78, 5) is 23.4. The smallest absolute Gasteiger partial charge is 0.307 e. The molecule has 214 valence electrons. The first-order chi connectivity index (χ1) is 17.6. The zero-order valence-electron chi connectivity index (χ0n) is 24.3. The lowest BCUT2D eigenvalue weighted by atomic mass is 10.0. The van der Waals surface area contributed by atoms with Crippen molar-refractivity contribution < 1.29 is 19.4 Å². The Morgan fingerprint density at radius 3 is 1.22 bits per heavy atom. The second-order valence-corrected chi connectivity index (χ2v) is 11.0. The Hall–Kier alpha value is -1.06. The number of unbranched alkanes of at least 4 members (excludes halogenated alkanes) is 22. The Kier molecular flexibility index (Phi) is 27.7. The molecule has 0 aliphatic heterocycles. The van der Waals surface area contributed by atoms with Gasteiger partial charge in [0.25, 0.3) is 0 Å². The van der Waals surface area contributed by atoms with Crippen LogP contribution in [0, 0.1) is 0 Å². The van der Waals surface area contributed by atoms with Crippen LogP contribution in [0.5, 0.6) is 0 Å². The Morgan fingerprint density at radius 1 is 0.528 bits per heavy atom. The molecule has 4 nitrogen and oxygen atoms in total. The van der Waals surface area contributed by atoms with Crippen LogP contribution in [0.15, 0.2) is 0 Å². The van der Waals surface area contributed by atoms with Gasteiger partial charge in [-0.3, -0.25) is 9.59 Å². The maximum Gasteiger partial charge on any atom is 0.307 e. The summed E-state index contributed by atoms with van der Waals surface area (Å²) in [5, 5.41) is 9.19. The molecule has 0 aromatic heterocycles. The number of carbonyl (C=O) groups is 2. The Bertz CT molecular complexity index is 477. The van der Waals surface area contributed by atoms with Crippen molar-refractivity contribution in [1.82, 2.24) is 0 Å². The van der Waals surface area contributed by atoms with Crippen molar-refractivity contribution in [3.8, 4) is 0 Å². The normalized spacial score (nSPS) is 12.1. The van der Waals surface area contributed by atoms with Gasteiger partial charge < -0.3 is 9.84 Å². The molecule has 0 aromatic carbocycles. The van der Waals surface area contributed by atoms with Gasteiger partial charge >= 0.3 is 11.9 Å². The van der Waals surface area contributed by atoms with Crippen molar-refractivity contribution in [2.24, 2.45) is 0 Å². The quantitative estimate of drug-likeness (QED) is 0.0802. The monoisotopic (exact) mass is 510 g/mol. The highest BCUT2D eigenvalue weighted by Crippen LogP contribution is 2.17. The minimum absolute atomic E-state index is 0.0672. The molecule has 0 aromatic rings. The van der Waals surface area contributed by atoms with Gasteiger partial charge in [-0.25, -0.2) is 0 Å². The van der Waals surface area contributed by atoms with Gasteiger partial charge in [-0.15, -0.1) is 0 Å². The van der Waals surface area contributed by atoms with E-state index in [1.54, 1.807) is 0 Å². The van der Waals surface area contributed by atoms with Gasteiger partial charge in [-0.2, -0.15) is 0 Å². The summed E-state index contributed by atoms with van der Waals surface area (Å²) in [5.41, 5.74) is 0. The van der Waals surface area contributed by atoms with Crippen LogP contribution in [-0.2, 0) is 14.3 Å². The molecule has 1 atom stereocenters. The van der Waals surface area contributed by atoms with Crippen LogP contribution in [0.4, 0.5) is 0 Å². The van der Waals surface area contributed by atoms with Crippen LogP contribution < -0.4 is 0 Å². The van der Waals surface area contributed by atoms with Crippen LogP contribution >= 0.6 is 0 Å². The molecule has 0 amide bonds. The Labute approximate surface area is 224 Å². The number of carboxylic acids is 1. The molecule has 0 saturated carbocycles. The summed E-state index contributed by atoms with van der Waals surface area (Å²) in [5.74, 6) is -1.09. The number of aliphatic carboxylic acids is 1. The van der Waals surface area contributed by atoms with Crippen molar-refractivity contribution in [3.63, 3.8) is 0 Å². The third kappa shape index (κ3) is 27.5. The number of carboxylic acid groups (broad SMARTS) is 1. The highest BCUT2D eigenvalue weighted by Gasteiger charge is 2.17. The van der Waals surface area contributed by atoms with E-state index in [2.05, 4.69) is 13.8 Å². The molecule has 0 radical (unpaired) electrons. The van der Waals surface area contributed by atoms with Gasteiger partial charge in [0.05, 0.1) is 6.42 Å². The first-order valence-corrected chi connectivity index (χ1v) is 16.0. The second-order valence-electron chi connectivity index (χ2n) is 11.0. The van der Waals surface area contributed by atoms with E-state index in [-0.39, 0.29) is 12.4 Å². The van der Waals surface area contributed by atoms with Gasteiger partial charge in [-0.1, -0.05) is 155 Å². The number of rotatable bonds is 29. The fourth-order valence-corrected chi connectivity index (χ4v) is 4.97. The van der Waals surface area contributed by atoms with Crippen molar-refractivity contribution in [2.45, 2.75) is 193 Å². The molecule has 1 unspecified atom stereocenters. The number of esters is 1. The summed E-state index contributed by atoms with van der Waals surface area (Å²) < 4.78 is 5.54. The van der Waals surface area contributed by atoms with Gasteiger partial charge in [0.2, 0.25) is 0 Å². The molecule has 0 aliphatic rings. The standard InChI is InChI=1S/C32H62O4/c1-3-5-7-9-11-13-15-16-18-19-21-23-25-27-30(29-31(33)34)36-32(35)28-26-24-22-20-17-14-12-10-8-6-4-2/h30H,3-29H2,1-2H3,(H,33,34). The van der Waals surface area contributed by atoms with Crippen molar-refractivity contribution in [3.05, 3.63) is 0 Å². The number of hydrogen-bond acceptors (Lipinski definition) is 3. The van der Waals surface area contributed by atoms with Crippen molar-refractivity contribution in [2.75, 3.05) is 0 Å². The van der Waals surface area contributed by atoms with Crippen LogP contribution in [0.25, 0.3) is 0 Å². The van der Waals surface area contributed by atoms with Crippen molar-refractivity contribution in [1.29, 1.82) is 0 Å². The van der Waals surface area contributed by atoms with E-state index in [1.165, 1.54) is 128 Å². The maximum absolute atomic E-state index is 12.2. The highest BCUT2D eigenvalue weighted by atomic mass is 16.5. The Morgan fingerprint density at radius 2 is 0.861 bits per heavy atom. The van der Waals surface area contributed by atoms with E-state index in [4.69, 9.17) is 4.74 Å². The Balaban J connectivity index is 3.67. The average molecular weight is 511 g/mol. The van der Waals surface area contributed by atoms with Crippen LogP contribution in [-0.4, -0.2) is 23.1 Å². The van der Waals surface area contributed by atoms with Gasteiger partial charge in [-0.05, 0) is 19.3 Å². The third-order valence-corrected chi connectivity index (χ3v) is 7.31. The summed E-state index contributed by atoms with van der Waals surface area (Å²) in [6, 6.07) is 0. The molecule has 0 aliphatic carbocycles. The van der Waals surface area contributed by atoms with Crippen LogP contribution in [0.3, 0.4) is 0 Å². The number of carbonyl (C=O) groups excluding carboxylic acids is 1. The molecule has 4 heteroatoms. The van der Waals surface area contributed by atoms with Crippen LogP contribution in [0.2, 0.25) is 0 Å². The van der Waals surface area contributed by atoms with Crippen LogP contribution in [0.1, 0.15) is 187 Å². The predicted molar refractivity (Wildman–Crippen MR) is 154 cm³/mol. The number of ether oxygens (including phenoxy) is 1. The summed E-state index contributed by atoms with van der Waals surface area (Å²) in [6.45, 7) is 4.52. The first-order valence-electron chi connectivity index (χ1n) is 16.0. The zero-order chi connectivity index (χ0) is 26.5. The fraction of sp³-hybridized carbons (Fsp3) is 0.938. The van der Waals surface area contributed by atoms with E-state index in [0.717, 1.165) is 25.7 Å². The molecule has 0 rings (SSSR count). The zero-order valence-corrected chi connectivity index (χ0v) is 24.3. The molecule has 0 saturated heterocycles. The van der Waals surface area contributed by atoms with E-state index in [1.807, 2.05) is 0 Å². The lowest BCUT2D eigenvalue weighted by Crippen LogP contribution is -2.21. The molecular weight excluding hydrogens is 448 g/mol. The minimum Gasteiger partial charge on any atom is -0.481 e. The van der Waals surface area contributed by atoms with E-state index in [9.17, 15) is 14.7 Å². The lowest BCUT2D eigenvalue weighted by molar-refractivity contribution is -0.153. The van der Waals surface area contributed by atoms with Gasteiger partial charge in [0.1, 0.15) is 6.10 Å². The van der Waals surface area contributed by atoms with Crippen molar-refractivity contribution >= 4 is 11.9 Å². The summed E-state index contributed by atoms with van der Waals surface area (Å²) in [6.07, 6.45) is 31.1.